The van der Waals surface area contributed by atoms with Gasteiger partial charge in [-0.15, -0.1) is 0 Å². The van der Waals surface area contributed by atoms with E-state index in [0.29, 0.717) is 5.52 Å². The number of rotatable bonds is 4. The highest BCUT2D eigenvalue weighted by molar-refractivity contribution is 5.88. The van der Waals surface area contributed by atoms with Gasteiger partial charge < -0.3 is 5.11 Å². The zero-order valence-corrected chi connectivity index (χ0v) is 16.2. The van der Waals surface area contributed by atoms with E-state index in [1.807, 2.05) is 78.9 Å². The fourth-order valence-electron chi connectivity index (χ4n) is 3.57. The Bertz CT molecular complexity index is 1300. The van der Waals surface area contributed by atoms with Gasteiger partial charge >= 0.3 is 0 Å². The molecule has 0 amide bonds. The van der Waals surface area contributed by atoms with E-state index < -0.39 is 0 Å². The third-order valence-corrected chi connectivity index (χ3v) is 4.99. The first-order valence-electron chi connectivity index (χ1n) is 9.75. The molecule has 1 N–H and O–H groups in total. The highest BCUT2D eigenvalue weighted by Gasteiger charge is 2.15. The molecule has 0 unspecified atom stereocenters. The van der Waals surface area contributed by atoms with Gasteiger partial charge in [-0.25, -0.2) is 4.98 Å². The van der Waals surface area contributed by atoms with E-state index in [2.05, 4.69) is 28.1 Å². The van der Waals surface area contributed by atoms with Crippen LogP contribution in [0.3, 0.4) is 0 Å². The third kappa shape index (κ3) is 3.35. The van der Waals surface area contributed by atoms with Crippen molar-refractivity contribution in [2.75, 3.05) is 4.90 Å². The minimum Gasteiger partial charge on any atom is -0.506 e. The van der Waals surface area contributed by atoms with Crippen molar-refractivity contribution in [1.82, 2.24) is 9.97 Å². The van der Waals surface area contributed by atoms with Crippen LogP contribution < -0.4 is 4.90 Å². The molecule has 4 nitrogen and oxygen atoms in total. The number of aromatic hydroxyl groups is 1. The van der Waals surface area contributed by atoms with Gasteiger partial charge in [0.2, 0.25) is 0 Å². The molecule has 5 rings (SSSR count). The highest BCUT2D eigenvalue weighted by atomic mass is 16.3. The molecule has 0 aliphatic carbocycles. The number of nitrogens with zero attached hydrogens (tertiary/aromatic N) is 3. The number of hydrogen-bond donors (Lipinski definition) is 1. The van der Waals surface area contributed by atoms with Gasteiger partial charge in [0.25, 0.3) is 0 Å². The maximum absolute atomic E-state index is 10.3. The van der Waals surface area contributed by atoms with Crippen LogP contribution in [0.25, 0.3) is 22.2 Å². The Morgan fingerprint density at radius 1 is 0.667 bits per heavy atom. The lowest BCUT2D eigenvalue weighted by Gasteiger charge is -2.25. The van der Waals surface area contributed by atoms with Crippen LogP contribution in [-0.4, -0.2) is 15.1 Å². The second kappa shape index (κ2) is 7.68. The molecule has 2 heterocycles. The second-order valence-corrected chi connectivity index (χ2v) is 6.95. The molecular weight excluding hydrogens is 370 g/mol. The molecular formula is C26H19N3O. The molecule has 5 aromatic rings. The predicted octanol–water partition coefficient (Wildman–Crippen LogP) is 6.47. The van der Waals surface area contributed by atoms with Gasteiger partial charge in [-0.2, -0.15) is 0 Å². The summed E-state index contributed by atoms with van der Waals surface area (Å²) in [6.45, 7) is 0. The van der Waals surface area contributed by atoms with Crippen LogP contribution in [0, 0.1) is 0 Å². The number of anilines is 3. The van der Waals surface area contributed by atoms with Crippen molar-refractivity contribution in [2.24, 2.45) is 0 Å². The van der Waals surface area contributed by atoms with Gasteiger partial charge in [-0.05, 0) is 54.6 Å². The quantitative estimate of drug-likeness (QED) is 0.382. The maximum Gasteiger partial charge on any atom is 0.141 e. The normalized spacial score (nSPS) is 10.8. The Labute approximate surface area is 174 Å². The number of benzene rings is 3. The zero-order chi connectivity index (χ0) is 20.3. The molecule has 30 heavy (non-hydrogen) atoms. The van der Waals surface area contributed by atoms with Crippen molar-refractivity contribution >= 4 is 28.1 Å². The van der Waals surface area contributed by atoms with Crippen molar-refractivity contribution in [2.45, 2.75) is 0 Å². The molecule has 0 fully saturated rings. The standard InChI is InChI=1S/C26H19N3O/c30-24-14-7-8-19-15-16-25(28-26(19)24)29(21-10-2-1-3-11-21)22-12-6-9-20(18-22)23-13-4-5-17-27-23/h1-18,30H. The van der Waals surface area contributed by atoms with Gasteiger partial charge in [0.05, 0.1) is 5.69 Å². The number of para-hydroxylation sites is 2. The molecule has 4 heteroatoms. The summed E-state index contributed by atoms with van der Waals surface area (Å²) >= 11 is 0. The Morgan fingerprint density at radius 2 is 1.47 bits per heavy atom. The molecule has 0 spiro atoms. The van der Waals surface area contributed by atoms with Crippen LogP contribution in [0.2, 0.25) is 0 Å². The van der Waals surface area contributed by atoms with Crippen molar-refractivity contribution in [3.05, 3.63) is 109 Å². The molecule has 0 radical (unpaired) electrons. The van der Waals surface area contributed by atoms with Crippen molar-refractivity contribution < 1.29 is 5.11 Å². The largest absolute Gasteiger partial charge is 0.506 e. The molecule has 2 aromatic heterocycles. The average molecular weight is 389 g/mol. The molecule has 0 atom stereocenters. The summed E-state index contributed by atoms with van der Waals surface area (Å²) in [5.41, 5.74) is 4.47. The fourth-order valence-corrected chi connectivity index (χ4v) is 3.57. The molecule has 0 saturated heterocycles. The summed E-state index contributed by atoms with van der Waals surface area (Å²) in [6.07, 6.45) is 1.80. The van der Waals surface area contributed by atoms with Gasteiger partial charge in [-0.3, -0.25) is 9.88 Å². The predicted molar refractivity (Wildman–Crippen MR) is 121 cm³/mol. The molecule has 144 valence electrons. The summed E-state index contributed by atoms with van der Waals surface area (Å²) in [4.78, 5) is 11.4. The van der Waals surface area contributed by atoms with E-state index in [-0.39, 0.29) is 5.75 Å². The van der Waals surface area contributed by atoms with Crippen LogP contribution in [-0.2, 0) is 0 Å². The van der Waals surface area contributed by atoms with Crippen molar-refractivity contribution in [3.63, 3.8) is 0 Å². The lowest BCUT2D eigenvalue weighted by Crippen LogP contribution is -2.11. The molecule has 0 aliphatic heterocycles. The van der Waals surface area contributed by atoms with Crippen LogP contribution in [0.1, 0.15) is 0 Å². The van der Waals surface area contributed by atoms with Crippen LogP contribution in [0.15, 0.2) is 109 Å². The zero-order valence-electron chi connectivity index (χ0n) is 16.2. The van der Waals surface area contributed by atoms with Gasteiger partial charge in [-0.1, -0.05) is 48.5 Å². The minimum atomic E-state index is 0.171. The van der Waals surface area contributed by atoms with E-state index in [0.717, 1.165) is 33.8 Å². The van der Waals surface area contributed by atoms with Crippen molar-refractivity contribution in [1.29, 1.82) is 0 Å². The summed E-state index contributed by atoms with van der Waals surface area (Å²) in [5.74, 6) is 0.901. The van der Waals surface area contributed by atoms with E-state index in [1.54, 1.807) is 12.3 Å². The highest BCUT2D eigenvalue weighted by Crippen LogP contribution is 2.36. The first kappa shape index (κ1) is 17.9. The lowest BCUT2D eigenvalue weighted by atomic mass is 10.1. The Morgan fingerprint density at radius 3 is 2.30 bits per heavy atom. The Kier molecular flexibility index (Phi) is 4.58. The number of pyridine rings is 2. The number of fused-ring (bicyclic) bond motifs is 1. The SMILES string of the molecule is Oc1cccc2ccc(N(c3ccccc3)c3cccc(-c4ccccn4)c3)nc12. The third-order valence-electron chi connectivity index (χ3n) is 4.99. The van der Waals surface area contributed by atoms with Gasteiger partial charge in [0.1, 0.15) is 17.1 Å². The average Bonchev–Trinajstić information content (AvgIpc) is 2.81. The monoisotopic (exact) mass is 389 g/mol. The van der Waals surface area contributed by atoms with E-state index >= 15 is 0 Å². The Balaban J connectivity index is 1.69. The summed E-state index contributed by atoms with van der Waals surface area (Å²) in [7, 11) is 0. The first-order valence-corrected chi connectivity index (χ1v) is 9.75. The van der Waals surface area contributed by atoms with E-state index in [9.17, 15) is 5.11 Å². The minimum absolute atomic E-state index is 0.171. The second-order valence-electron chi connectivity index (χ2n) is 6.95. The maximum atomic E-state index is 10.3. The summed E-state index contributed by atoms with van der Waals surface area (Å²) in [5, 5.41) is 11.2. The van der Waals surface area contributed by atoms with Crippen molar-refractivity contribution in [3.8, 4) is 17.0 Å². The number of aromatic nitrogens is 2. The number of phenolic OH excluding ortho intramolecular Hbond substituents is 1. The smallest absolute Gasteiger partial charge is 0.141 e. The van der Waals surface area contributed by atoms with Crippen LogP contribution >= 0.6 is 0 Å². The summed E-state index contributed by atoms with van der Waals surface area (Å²) < 4.78 is 0. The van der Waals surface area contributed by atoms with E-state index in [4.69, 9.17) is 4.98 Å². The van der Waals surface area contributed by atoms with Gasteiger partial charge in [0.15, 0.2) is 0 Å². The van der Waals surface area contributed by atoms with Crippen LogP contribution in [0.4, 0.5) is 17.2 Å². The molecule has 0 bridgehead atoms. The van der Waals surface area contributed by atoms with E-state index in [1.165, 1.54) is 0 Å². The fraction of sp³-hybridized carbons (Fsp3) is 0. The summed E-state index contributed by atoms with van der Waals surface area (Å²) in [6, 6.07) is 33.6. The number of phenols is 1. The Hall–Kier alpha value is -4.18. The lowest BCUT2D eigenvalue weighted by molar-refractivity contribution is 0.480. The topological polar surface area (TPSA) is 49.2 Å². The molecule has 0 saturated carbocycles. The molecule has 0 aliphatic rings. The number of hydrogen-bond acceptors (Lipinski definition) is 4. The first-order chi connectivity index (χ1) is 14.8. The molecule has 3 aromatic carbocycles. The van der Waals surface area contributed by atoms with Crippen LogP contribution in [0.5, 0.6) is 5.75 Å². The van der Waals surface area contributed by atoms with Gasteiger partial charge in [0, 0.05) is 28.5 Å².